The van der Waals surface area contributed by atoms with Crippen LogP contribution in [0.1, 0.15) is 33.6 Å². The highest BCUT2D eigenvalue weighted by Gasteiger charge is 2.72. The van der Waals surface area contributed by atoms with Gasteiger partial charge in [-0.05, 0) is 18.9 Å². The summed E-state index contributed by atoms with van der Waals surface area (Å²) in [4.78, 5) is 52.2. The summed E-state index contributed by atoms with van der Waals surface area (Å²) in [5, 5.41) is 0. The molecule has 0 bridgehead atoms. The van der Waals surface area contributed by atoms with Crippen LogP contribution in [0.2, 0.25) is 0 Å². The zero-order valence-corrected chi connectivity index (χ0v) is 16.7. The van der Waals surface area contributed by atoms with Crippen LogP contribution >= 0.6 is 0 Å². The second-order valence-corrected chi connectivity index (χ2v) is 8.63. The maximum absolute atomic E-state index is 13.6. The van der Waals surface area contributed by atoms with Gasteiger partial charge in [0.2, 0.25) is 11.6 Å². The van der Waals surface area contributed by atoms with Gasteiger partial charge in [0.25, 0.3) is 0 Å². The SMILES string of the molecule is COC1=CC(=O)[C@@H]2C[C@H]3OC(=O)C[C@H]4C(C)=C(OC)C(=O)[C@H]([C@@]2(C)C1=O)[C@@]34C. The molecule has 150 valence electrons. The van der Waals surface area contributed by atoms with Gasteiger partial charge < -0.3 is 14.2 Å². The first kappa shape index (κ1) is 18.9. The zero-order chi connectivity index (χ0) is 20.6. The number of allylic oxidation sites excluding steroid dienone is 4. The van der Waals surface area contributed by atoms with E-state index < -0.39 is 28.8 Å². The lowest BCUT2D eigenvalue weighted by molar-refractivity contribution is -0.213. The van der Waals surface area contributed by atoms with Gasteiger partial charge in [0.1, 0.15) is 6.10 Å². The molecule has 0 aromatic carbocycles. The van der Waals surface area contributed by atoms with Gasteiger partial charge in [-0.15, -0.1) is 0 Å². The Kier molecular flexibility index (Phi) is 3.90. The van der Waals surface area contributed by atoms with E-state index in [1.165, 1.54) is 20.3 Å². The van der Waals surface area contributed by atoms with Crippen molar-refractivity contribution in [3.05, 3.63) is 23.2 Å². The van der Waals surface area contributed by atoms with Crippen molar-refractivity contribution >= 4 is 23.3 Å². The van der Waals surface area contributed by atoms with Crippen molar-refractivity contribution in [2.75, 3.05) is 14.2 Å². The Balaban J connectivity index is 2.00. The fraction of sp³-hybridized carbons (Fsp3) is 0.619. The summed E-state index contributed by atoms with van der Waals surface area (Å²) >= 11 is 0. The maximum Gasteiger partial charge on any atom is 0.306 e. The molecule has 6 atom stereocenters. The minimum absolute atomic E-state index is 0.0341. The normalized spacial score (nSPS) is 42.4. The summed E-state index contributed by atoms with van der Waals surface area (Å²) in [6.45, 7) is 5.37. The summed E-state index contributed by atoms with van der Waals surface area (Å²) in [5.74, 6) is -3.07. The van der Waals surface area contributed by atoms with Crippen molar-refractivity contribution in [2.24, 2.45) is 28.6 Å². The van der Waals surface area contributed by atoms with E-state index in [1.54, 1.807) is 13.8 Å². The molecular weight excluding hydrogens is 364 g/mol. The second-order valence-electron chi connectivity index (χ2n) is 8.63. The van der Waals surface area contributed by atoms with Crippen molar-refractivity contribution < 1.29 is 33.4 Å². The fourth-order valence-electron chi connectivity index (χ4n) is 6.27. The number of esters is 1. The summed E-state index contributed by atoms with van der Waals surface area (Å²) < 4.78 is 16.2. The fourth-order valence-corrected chi connectivity index (χ4v) is 6.27. The largest absolute Gasteiger partial charge is 0.493 e. The smallest absolute Gasteiger partial charge is 0.306 e. The zero-order valence-electron chi connectivity index (χ0n) is 16.7. The van der Waals surface area contributed by atoms with Gasteiger partial charge in [-0.3, -0.25) is 19.2 Å². The summed E-state index contributed by atoms with van der Waals surface area (Å²) in [5.41, 5.74) is -1.38. The summed E-state index contributed by atoms with van der Waals surface area (Å²) in [6, 6.07) is 0. The quantitative estimate of drug-likeness (QED) is 0.665. The minimum Gasteiger partial charge on any atom is -0.493 e. The van der Waals surface area contributed by atoms with Crippen molar-refractivity contribution in [1.29, 1.82) is 0 Å². The monoisotopic (exact) mass is 388 g/mol. The van der Waals surface area contributed by atoms with Crippen molar-refractivity contribution in [2.45, 2.75) is 39.7 Å². The number of Topliss-reactive ketones (excluding diaryl/α,β-unsaturated/α-hetero) is 2. The van der Waals surface area contributed by atoms with Gasteiger partial charge in [0.05, 0.1) is 26.1 Å². The van der Waals surface area contributed by atoms with E-state index in [1.807, 2.05) is 6.92 Å². The van der Waals surface area contributed by atoms with E-state index in [0.29, 0.717) is 5.57 Å². The molecule has 0 spiro atoms. The number of hydrogen-bond donors (Lipinski definition) is 0. The Labute approximate surface area is 163 Å². The minimum atomic E-state index is -1.29. The highest BCUT2D eigenvalue weighted by atomic mass is 16.5. The third-order valence-electron chi connectivity index (χ3n) is 7.61. The Bertz CT molecular complexity index is 881. The van der Waals surface area contributed by atoms with Crippen LogP contribution in [0, 0.1) is 28.6 Å². The van der Waals surface area contributed by atoms with E-state index in [4.69, 9.17) is 14.2 Å². The van der Waals surface area contributed by atoms with Crippen LogP contribution in [0.3, 0.4) is 0 Å². The number of rotatable bonds is 2. The highest BCUT2D eigenvalue weighted by molar-refractivity contribution is 6.15. The lowest BCUT2D eigenvalue weighted by Gasteiger charge is -2.62. The van der Waals surface area contributed by atoms with Crippen LogP contribution in [0.25, 0.3) is 0 Å². The molecule has 0 amide bonds. The topological polar surface area (TPSA) is 96.0 Å². The predicted octanol–water partition coefficient (Wildman–Crippen LogP) is 1.75. The predicted molar refractivity (Wildman–Crippen MR) is 95.6 cm³/mol. The standard InChI is InChI=1S/C21H24O7/c1-9-10-7-15(23)28-14-6-11-12(22)8-13(26-4)19(25)21(11,3)18(20(10,14)2)16(24)17(9)27-5/h8,10-11,14,18H,6-7H2,1-5H3/t10-,11-,14+,18-,20+,21-/m0/s1. The van der Waals surface area contributed by atoms with E-state index in [0.717, 1.165) is 0 Å². The molecule has 1 saturated carbocycles. The average molecular weight is 388 g/mol. The Morgan fingerprint density at radius 3 is 2.36 bits per heavy atom. The maximum atomic E-state index is 13.6. The van der Waals surface area contributed by atoms with Crippen molar-refractivity contribution in [1.82, 2.24) is 0 Å². The van der Waals surface area contributed by atoms with Crippen LogP contribution in [0.5, 0.6) is 0 Å². The molecule has 0 radical (unpaired) electrons. The lowest BCUT2D eigenvalue weighted by atomic mass is 9.41. The van der Waals surface area contributed by atoms with Gasteiger partial charge in [0, 0.05) is 29.2 Å². The van der Waals surface area contributed by atoms with Crippen molar-refractivity contribution in [3.8, 4) is 0 Å². The Morgan fingerprint density at radius 2 is 1.75 bits per heavy atom. The van der Waals surface area contributed by atoms with Gasteiger partial charge in [0.15, 0.2) is 17.3 Å². The number of methoxy groups -OCH3 is 2. The average Bonchev–Trinajstić information content (AvgIpc) is 2.63. The molecule has 7 nitrogen and oxygen atoms in total. The van der Waals surface area contributed by atoms with E-state index in [9.17, 15) is 19.2 Å². The molecule has 1 aliphatic heterocycles. The molecule has 4 rings (SSSR count). The van der Waals surface area contributed by atoms with Crippen LogP contribution in [0.4, 0.5) is 0 Å². The molecule has 1 heterocycles. The molecule has 2 fully saturated rings. The first-order chi connectivity index (χ1) is 13.1. The molecule has 0 aromatic rings. The van der Waals surface area contributed by atoms with Crippen LogP contribution in [-0.4, -0.2) is 43.6 Å². The molecule has 1 saturated heterocycles. The molecule has 28 heavy (non-hydrogen) atoms. The summed E-state index contributed by atoms with van der Waals surface area (Å²) in [7, 11) is 2.75. The number of fused-ring (bicyclic) bond motifs is 2. The Morgan fingerprint density at radius 1 is 1.07 bits per heavy atom. The second kappa shape index (κ2) is 5.78. The Hall–Kier alpha value is -2.44. The molecule has 0 N–H and O–H groups in total. The third-order valence-corrected chi connectivity index (χ3v) is 7.61. The van der Waals surface area contributed by atoms with Crippen molar-refractivity contribution in [3.63, 3.8) is 0 Å². The van der Waals surface area contributed by atoms with Crippen LogP contribution < -0.4 is 0 Å². The number of carbonyl (C=O) groups excluding carboxylic acids is 4. The van der Waals surface area contributed by atoms with E-state index in [2.05, 4.69) is 0 Å². The number of ketones is 3. The van der Waals surface area contributed by atoms with E-state index >= 15 is 0 Å². The molecule has 0 aromatic heterocycles. The van der Waals surface area contributed by atoms with E-state index in [-0.39, 0.29) is 53.6 Å². The van der Waals surface area contributed by atoms with Crippen LogP contribution in [0.15, 0.2) is 23.2 Å². The molecule has 4 aliphatic rings. The number of carbonyl (C=O) groups is 4. The van der Waals surface area contributed by atoms with Gasteiger partial charge >= 0.3 is 5.97 Å². The first-order valence-corrected chi connectivity index (χ1v) is 9.45. The molecule has 7 heteroatoms. The lowest BCUT2D eigenvalue weighted by Crippen LogP contribution is -2.69. The molecule has 3 aliphatic carbocycles. The van der Waals surface area contributed by atoms with Gasteiger partial charge in [-0.25, -0.2) is 0 Å². The first-order valence-electron chi connectivity index (χ1n) is 9.45. The highest BCUT2D eigenvalue weighted by Crippen LogP contribution is 2.65. The number of hydrogen-bond acceptors (Lipinski definition) is 7. The number of ether oxygens (including phenoxy) is 3. The van der Waals surface area contributed by atoms with Gasteiger partial charge in [-0.2, -0.15) is 0 Å². The third kappa shape index (κ3) is 1.99. The van der Waals surface area contributed by atoms with Gasteiger partial charge in [-0.1, -0.05) is 13.8 Å². The molecule has 0 unspecified atom stereocenters. The van der Waals surface area contributed by atoms with Crippen LogP contribution in [-0.2, 0) is 33.4 Å². The summed E-state index contributed by atoms with van der Waals surface area (Å²) in [6.07, 6.45) is 0.914. The molecular formula is C21H24O7.